The summed E-state index contributed by atoms with van der Waals surface area (Å²) in [4.78, 5) is 14.3. The molecule has 7 heteroatoms. The van der Waals surface area contributed by atoms with Crippen LogP contribution in [0.4, 0.5) is 0 Å². The van der Waals surface area contributed by atoms with Crippen LogP contribution in [0.2, 0.25) is 0 Å². The van der Waals surface area contributed by atoms with Crippen molar-refractivity contribution >= 4 is 17.7 Å². The van der Waals surface area contributed by atoms with Gasteiger partial charge in [-0.3, -0.25) is 4.79 Å². The highest BCUT2D eigenvalue weighted by Gasteiger charge is 2.23. The fraction of sp³-hybridized carbons (Fsp3) is 0.471. The molecule has 1 aliphatic heterocycles. The molecule has 0 bridgehead atoms. The van der Waals surface area contributed by atoms with E-state index in [9.17, 15) is 4.79 Å². The topological polar surface area (TPSA) is 60.2 Å². The van der Waals surface area contributed by atoms with E-state index in [0.717, 1.165) is 23.0 Å². The fourth-order valence-electron chi connectivity index (χ4n) is 2.69. The molecule has 2 aromatic rings. The molecule has 2 heterocycles. The average molecular weight is 346 g/mol. The van der Waals surface area contributed by atoms with Crippen molar-refractivity contribution in [3.8, 4) is 11.4 Å². The molecular weight excluding hydrogens is 324 g/mol. The highest BCUT2D eigenvalue weighted by molar-refractivity contribution is 7.99. The fourth-order valence-corrected chi connectivity index (χ4v) is 3.50. The molecule has 0 N–H and O–H groups in total. The van der Waals surface area contributed by atoms with E-state index in [1.165, 1.54) is 11.8 Å². The molecule has 1 atom stereocenters. The Labute approximate surface area is 146 Å². The van der Waals surface area contributed by atoms with Gasteiger partial charge in [0.25, 0.3) is 0 Å². The number of carbonyl (C=O) groups excluding carboxylic acids is 1. The number of thioether (sulfide) groups is 1. The number of ether oxygens (including phenoxy) is 1. The molecule has 1 aromatic heterocycles. The van der Waals surface area contributed by atoms with Gasteiger partial charge in [-0.1, -0.05) is 49.0 Å². The molecule has 1 amide bonds. The largest absolute Gasteiger partial charge is 0.375 e. The molecule has 0 radical (unpaired) electrons. The van der Waals surface area contributed by atoms with E-state index in [4.69, 9.17) is 4.74 Å². The number of aromatic nitrogens is 3. The number of morpholine rings is 1. The summed E-state index contributed by atoms with van der Waals surface area (Å²) in [6, 6.07) is 9.93. The van der Waals surface area contributed by atoms with Gasteiger partial charge in [0.15, 0.2) is 11.0 Å². The number of rotatable bonds is 5. The van der Waals surface area contributed by atoms with E-state index in [1.807, 2.05) is 46.8 Å². The van der Waals surface area contributed by atoms with Gasteiger partial charge < -0.3 is 14.2 Å². The molecule has 1 fully saturated rings. The summed E-state index contributed by atoms with van der Waals surface area (Å²) in [5, 5.41) is 9.22. The van der Waals surface area contributed by atoms with Crippen LogP contribution in [0.1, 0.15) is 13.3 Å². The first-order chi connectivity index (χ1) is 11.7. The number of benzene rings is 1. The molecule has 3 rings (SSSR count). The van der Waals surface area contributed by atoms with Crippen LogP contribution in [0.15, 0.2) is 35.5 Å². The lowest BCUT2D eigenvalue weighted by atomic mass is 10.2. The summed E-state index contributed by atoms with van der Waals surface area (Å²) < 4.78 is 7.55. The molecule has 1 aliphatic rings. The van der Waals surface area contributed by atoms with Gasteiger partial charge in [-0.05, 0) is 6.42 Å². The van der Waals surface area contributed by atoms with Crippen molar-refractivity contribution in [3.05, 3.63) is 30.3 Å². The van der Waals surface area contributed by atoms with Gasteiger partial charge in [0.05, 0.1) is 18.5 Å². The third kappa shape index (κ3) is 3.79. The standard InChI is InChI=1S/C17H22N4O2S/c1-3-14-11-21(9-10-23-14)15(22)12-24-17-19-18-16(20(17)2)13-7-5-4-6-8-13/h4-8,14H,3,9-12H2,1-2H3/t14-/m1/s1. The quantitative estimate of drug-likeness (QED) is 0.777. The first kappa shape index (κ1) is 17.0. The number of hydrogen-bond acceptors (Lipinski definition) is 5. The smallest absolute Gasteiger partial charge is 0.233 e. The monoisotopic (exact) mass is 346 g/mol. The number of amides is 1. The maximum absolute atomic E-state index is 12.4. The first-order valence-electron chi connectivity index (χ1n) is 8.16. The minimum atomic E-state index is 0.131. The van der Waals surface area contributed by atoms with Crippen molar-refractivity contribution in [3.63, 3.8) is 0 Å². The maximum Gasteiger partial charge on any atom is 0.233 e. The van der Waals surface area contributed by atoms with Gasteiger partial charge in [0.1, 0.15) is 0 Å². The van der Waals surface area contributed by atoms with Crippen LogP contribution in [-0.4, -0.2) is 57.1 Å². The van der Waals surface area contributed by atoms with Crippen LogP contribution in [0.5, 0.6) is 0 Å². The van der Waals surface area contributed by atoms with Crippen molar-refractivity contribution < 1.29 is 9.53 Å². The van der Waals surface area contributed by atoms with Crippen molar-refractivity contribution in [1.29, 1.82) is 0 Å². The highest BCUT2D eigenvalue weighted by Crippen LogP contribution is 2.23. The molecule has 6 nitrogen and oxygen atoms in total. The Morgan fingerprint density at radius 1 is 1.33 bits per heavy atom. The van der Waals surface area contributed by atoms with Gasteiger partial charge >= 0.3 is 0 Å². The van der Waals surface area contributed by atoms with Crippen LogP contribution in [0.3, 0.4) is 0 Å². The minimum Gasteiger partial charge on any atom is -0.375 e. The van der Waals surface area contributed by atoms with Crippen LogP contribution in [-0.2, 0) is 16.6 Å². The molecule has 128 valence electrons. The predicted molar refractivity (Wildman–Crippen MR) is 93.8 cm³/mol. The Morgan fingerprint density at radius 3 is 2.88 bits per heavy atom. The number of nitrogens with zero attached hydrogens (tertiary/aromatic N) is 4. The average Bonchev–Trinajstić information content (AvgIpc) is 3.01. The second-order valence-electron chi connectivity index (χ2n) is 5.76. The zero-order valence-corrected chi connectivity index (χ0v) is 14.8. The second kappa shape index (κ2) is 7.81. The SMILES string of the molecule is CC[C@@H]1CN(C(=O)CSc2nnc(-c3ccccc3)n2C)CCO1. The lowest BCUT2D eigenvalue weighted by Gasteiger charge is -2.32. The zero-order valence-electron chi connectivity index (χ0n) is 14.0. The van der Waals surface area contributed by atoms with Crippen LogP contribution in [0.25, 0.3) is 11.4 Å². The van der Waals surface area contributed by atoms with Crippen LogP contribution in [0, 0.1) is 0 Å². The third-order valence-electron chi connectivity index (χ3n) is 4.14. The molecule has 0 aliphatic carbocycles. The lowest BCUT2D eigenvalue weighted by molar-refractivity contribution is -0.135. The molecular formula is C17H22N4O2S. The Kier molecular flexibility index (Phi) is 5.52. The molecule has 1 saturated heterocycles. The van der Waals surface area contributed by atoms with Crippen molar-refractivity contribution in [2.75, 3.05) is 25.4 Å². The van der Waals surface area contributed by atoms with E-state index in [-0.39, 0.29) is 12.0 Å². The Balaban J connectivity index is 1.61. The van der Waals surface area contributed by atoms with E-state index in [2.05, 4.69) is 17.1 Å². The molecule has 24 heavy (non-hydrogen) atoms. The van der Waals surface area contributed by atoms with Gasteiger partial charge in [-0.15, -0.1) is 10.2 Å². The molecule has 0 spiro atoms. The molecule has 1 aromatic carbocycles. The summed E-state index contributed by atoms with van der Waals surface area (Å²) in [6.45, 7) is 4.06. The van der Waals surface area contributed by atoms with Gasteiger partial charge in [-0.2, -0.15) is 0 Å². The predicted octanol–water partition coefficient (Wildman–Crippen LogP) is 2.21. The van der Waals surface area contributed by atoms with Crippen molar-refractivity contribution in [2.45, 2.75) is 24.6 Å². The summed E-state index contributed by atoms with van der Waals surface area (Å²) in [5.41, 5.74) is 1.02. The van der Waals surface area contributed by atoms with Gasteiger partial charge in [0.2, 0.25) is 5.91 Å². The van der Waals surface area contributed by atoms with E-state index >= 15 is 0 Å². The summed E-state index contributed by atoms with van der Waals surface area (Å²) >= 11 is 1.43. The molecule has 0 saturated carbocycles. The van der Waals surface area contributed by atoms with Crippen molar-refractivity contribution in [2.24, 2.45) is 7.05 Å². The minimum absolute atomic E-state index is 0.131. The first-order valence-corrected chi connectivity index (χ1v) is 9.14. The summed E-state index contributed by atoms with van der Waals surface area (Å²) in [6.07, 6.45) is 1.09. The second-order valence-corrected chi connectivity index (χ2v) is 6.70. The van der Waals surface area contributed by atoms with E-state index < -0.39 is 0 Å². The Hall–Kier alpha value is -1.86. The van der Waals surface area contributed by atoms with Crippen LogP contribution >= 0.6 is 11.8 Å². The third-order valence-corrected chi connectivity index (χ3v) is 5.14. The zero-order chi connectivity index (χ0) is 16.9. The van der Waals surface area contributed by atoms with Gasteiger partial charge in [0, 0.05) is 25.7 Å². The molecule has 0 unspecified atom stereocenters. The van der Waals surface area contributed by atoms with Crippen LogP contribution < -0.4 is 0 Å². The number of hydrogen-bond donors (Lipinski definition) is 0. The lowest BCUT2D eigenvalue weighted by Crippen LogP contribution is -2.46. The van der Waals surface area contributed by atoms with Crippen molar-refractivity contribution in [1.82, 2.24) is 19.7 Å². The summed E-state index contributed by atoms with van der Waals surface area (Å²) in [5.74, 6) is 1.31. The Bertz CT molecular complexity index is 689. The van der Waals surface area contributed by atoms with E-state index in [0.29, 0.717) is 25.4 Å². The Morgan fingerprint density at radius 2 is 2.12 bits per heavy atom. The normalized spacial score (nSPS) is 17.9. The van der Waals surface area contributed by atoms with E-state index in [1.54, 1.807) is 0 Å². The highest BCUT2D eigenvalue weighted by atomic mass is 32.2. The van der Waals surface area contributed by atoms with Gasteiger partial charge in [-0.25, -0.2) is 0 Å². The maximum atomic E-state index is 12.4. The number of carbonyl (C=O) groups is 1. The summed E-state index contributed by atoms with van der Waals surface area (Å²) in [7, 11) is 1.93.